The highest BCUT2D eigenvalue weighted by molar-refractivity contribution is 7.09. The van der Waals surface area contributed by atoms with Crippen LogP contribution in [0, 0.1) is 13.8 Å². The van der Waals surface area contributed by atoms with Gasteiger partial charge in [0.2, 0.25) is 5.91 Å². The van der Waals surface area contributed by atoms with Gasteiger partial charge in [-0.05, 0) is 93.2 Å². The third-order valence-electron chi connectivity index (χ3n) is 6.09. The number of aryl methyl sites for hydroxylation is 2. The van der Waals surface area contributed by atoms with Crippen LogP contribution in [0.4, 0.5) is 11.4 Å². The van der Waals surface area contributed by atoms with Gasteiger partial charge < -0.3 is 16.8 Å². The maximum absolute atomic E-state index is 14.2. The van der Waals surface area contributed by atoms with E-state index in [4.69, 9.17) is 11.5 Å². The SMILES string of the molecule is Cc1ccc(N(C(=O)c2snc(C(N)=O)c2N)[C@H](C(=O)NC(C)(C)C)c2ccc3ncccc3c2)cc1C. The van der Waals surface area contributed by atoms with Gasteiger partial charge in [-0.25, -0.2) is 0 Å². The van der Waals surface area contributed by atoms with Gasteiger partial charge in [-0.3, -0.25) is 24.3 Å². The van der Waals surface area contributed by atoms with Crippen LogP contribution in [0.15, 0.2) is 54.7 Å². The Morgan fingerprint density at radius 3 is 2.39 bits per heavy atom. The average Bonchev–Trinajstić information content (AvgIpc) is 3.24. The van der Waals surface area contributed by atoms with Crippen LogP contribution in [0.2, 0.25) is 0 Å². The Hall–Kier alpha value is -4.31. The van der Waals surface area contributed by atoms with Gasteiger partial charge in [0.25, 0.3) is 11.8 Å². The molecule has 0 saturated carbocycles. The summed E-state index contributed by atoms with van der Waals surface area (Å²) < 4.78 is 4.01. The number of nitrogens with zero attached hydrogens (tertiary/aromatic N) is 3. The quantitative estimate of drug-likeness (QED) is 0.339. The number of aromatic nitrogens is 2. The van der Waals surface area contributed by atoms with E-state index in [1.54, 1.807) is 18.3 Å². The summed E-state index contributed by atoms with van der Waals surface area (Å²) in [6, 6.07) is 13.6. The molecule has 0 aliphatic rings. The van der Waals surface area contributed by atoms with Crippen LogP contribution in [0.5, 0.6) is 0 Å². The minimum Gasteiger partial charge on any atom is -0.395 e. The van der Waals surface area contributed by atoms with Crippen molar-refractivity contribution in [3.05, 3.63) is 82.0 Å². The summed E-state index contributed by atoms with van der Waals surface area (Å²) in [7, 11) is 0. The molecular weight excluding hydrogens is 500 g/mol. The molecule has 2 aromatic heterocycles. The molecule has 0 aliphatic carbocycles. The van der Waals surface area contributed by atoms with Crippen LogP contribution < -0.4 is 21.7 Å². The van der Waals surface area contributed by atoms with E-state index in [1.165, 1.54) is 4.90 Å². The molecule has 3 amide bonds. The highest BCUT2D eigenvalue weighted by Gasteiger charge is 2.37. The number of amides is 3. The molecule has 9 nitrogen and oxygen atoms in total. The Kier molecular flexibility index (Phi) is 7.19. The largest absolute Gasteiger partial charge is 0.395 e. The molecule has 2 aromatic carbocycles. The van der Waals surface area contributed by atoms with Gasteiger partial charge in [-0.1, -0.05) is 18.2 Å². The van der Waals surface area contributed by atoms with Gasteiger partial charge in [0, 0.05) is 22.8 Å². The number of rotatable bonds is 6. The van der Waals surface area contributed by atoms with Gasteiger partial charge in [-0.15, -0.1) is 0 Å². The second-order valence-electron chi connectivity index (χ2n) is 10.2. The first-order valence-corrected chi connectivity index (χ1v) is 12.8. The van der Waals surface area contributed by atoms with E-state index in [2.05, 4.69) is 14.7 Å². The maximum Gasteiger partial charge on any atom is 0.273 e. The summed E-state index contributed by atoms with van der Waals surface area (Å²) in [6.45, 7) is 9.50. The number of benzene rings is 2. The molecule has 196 valence electrons. The molecule has 0 saturated heterocycles. The number of hydrogen-bond donors (Lipinski definition) is 3. The number of primary amides is 1. The lowest BCUT2D eigenvalue weighted by atomic mass is 9.98. The molecule has 0 unspecified atom stereocenters. The number of nitrogen functional groups attached to an aromatic ring is 1. The van der Waals surface area contributed by atoms with Crippen LogP contribution in [-0.2, 0) is 4.79 Å². The molecule has 10 heteroatoms. The number of fused-ring (bicyclic) bond motifs is 1. The zero-order valence-corrected chi connectivity index (χ0v) is 22.7. The molecule has 0 radical (unpaired) electrons. The van der Waals surface area contributed by atoms with Crippen molar-refractivity contribution < 1.29 is 14.4 Å². The zero-order chi connectivity index (χ0) is 27.8. The fourth-order valence-electron chi connectivity index (χ4n) is 4.12. The number of carbonyl (C=O) groups excluding carboxylic acids is 3. The van der Waals surface area contributed by atoms with Crippen molar-refractivity contribution in [3.63, 3.8) is 0 Å². The van der Waals surface area contributed by atoms with Crippen LogP contribution >= 0.6 is 11.5 Å². The molecule has 1 atom stereocenters. The average molecular weight is 531 g/mol. The lowest BCUT2D eigenvalue weighted by Crippen LogP contribution is -2.49. The van der Waals surface area contributed by atoms with Crippen molar-refractivity contribution in [2.45, 2.75) is 46.2 Å². The topological polar surface area (TPSA) is 144 Å². The summed E-state index contributed by atoms with van der Waals surface area (Å²) in [5.41, 5.74) is 14.5. The van der Waals surface area contributed by atoms with E-state index in [-0.39, 0.29) is 22.2 Å². The first kappa shape index (κ1) is 26.7. The molecule has 2 heterocycles. The van der Waals surface area contributed by atoms with Crippen molar-refractivity contribution in [1.82, 2.24) is 14.7 Å². The van der Waals surface area contributed by atoms with Crippen molar-refractivity contribution in [2.24, 2.45) is 5.73 Å². The Morgan fingerprint density at radius 2 is 1.76 bits per heavy atom. The second-order valence-corrected chi connectivity index (χ2v) is 11.0. The zero-order valence-electron chi connectivity index (χ0n) is 21.9. The smallest absolute Gasteiger partial charge is 0.273 e. The van der Waals surface area contributed by atoms with Gasteiger partial charge >= 0.3 is 0 Å². The summed E-state index contributed by atoms with van der Waals surface area (Å²) in [6.07, 6.45) is 1.69. The van der Waals surface area contributed by atoms with Crippen LogP contribution in [0.3, 0.4) is 0 Å². The van der Waals surface area contributed by atoms with E-state index in [1.807, 2.05) is 71.0 Å². The fourth-order valence-corrected chi connectivity index (χ4v) is 4.86. The molecule has 0 fully saturated rings. The van der Waals surface area contributed by atoms with Crippen LogP contribution in [-0.4, -0.2) is 32.6 Å². The van der Waals surface area contributed by atoms with Gasteiger partial charge in [0.05, 0.1) is 11.2 Å². The number of hydrogen-bond acceptors (Lipinski definition) is 7. The Balaban J connectivity index is 1.97. The summed E-state index contributed by atoms with van der Waals surface area (Å²) in [4.78, 5) is 45.8. The van der Waals surface area contributed by atoms with Crippen molar-refractivity contribution in [1.29, 1.82) is 0 Å². The highest BCUT2D eigenvalue weighted by atomic mass is 32.1. The van der Waals surface area contributed by atoms with Crippen molar-refractivity contribution in [2.75, 3.05) is 10.6 Å². The molecule has 0 spiro atoms. The minimum atomic E-state index is -1.08. The third kappa shape index (κ3) is 5.35. The summed E-state index contributed by atoms with van der Waals surface area (Å²) in [5.74, 6) is -1.79. The normalized spacial score (nSPS) is 12.2. The number of carbonyl (C=O) groups is 3. The predicted octanol–water partition coefficient (Wildman–Crippen LogP) is 4.29. The monoisotopic (exact) mass is 530 g/mol. The lowest BCUT2D eigenvalue weighted by molar-refractivity contribution is -0.123. The molecule has 0 bridgehead atoms. The summed E-state index contributed by atoms with van der Waals surface area (Å²) in [5, 5.41) is 3.84. The summed E-state index contributed by atoms with van der Waals surface area (Å²) >= 11 is 0.774. The van der Waals surface area contributed by atoms with E-state index in [0.717, 1.165) is 33.6 Å². The lowest BCUT2D eigenvalue weighted by Gasteiger charge is -2.34. The van der Waals surface area contributed by atoms with E-state index >= 15 is 0 Å². The Morgan fingerprint density at radius 1 is 1.03 bits per heavy atom. The molecule has 38 heavy (non-hydrogen) atoms. The van der Waals surface area contributed by atoms with E-state index < -0.39 is 23.4 Å². The van der Waals surface area contributed by atoms with Crippen molar-refractivity contribution >= 4 is 51.5 Å². The molecular formula is C28H30N6O3S. The van der Waals surface area contributed by atoms with E-state index in [9.17, 15) is 14.4 Å². The first-order chi connectivity index (χ1) is 17.9. The van der Waals surface area contributed by atoms with Gasteiger partial charge in [0.15, 0.2) is 5.69 Å². The van der Waals surface area contributed by atoms with Gasteiger partial charge in [0.1, 0.15) is 10.9 Å². The standard InChI is InChI=1S/C28H30N6O3S/c1-15-8-10-19(13-16(15)2)34(27(37)24-21(29)22(25(30)35)33-38-24)23(26(36)32-28(3,4)5)18-9-11-20-17(14-18)7-6-12-31-20/h6-14,23H,29H2,1-5H3,(H2,30,35)(H,32,36)/t23-/m0/s1. The molecule has 5 N–H and O–H groups in total. The van der Waals surface area contributed by atoms with Crippen LogP contribution in [0.25, 0.3) is 10.9 Å². The minimum absolute atomic E-state index is 0.0213. The molecule has 4 aromatic rings. The molecule has 4 rings (SSSR count). The van der Waals surface area contributed by atoms with Gasteiger partial charge in [-0.2, -0.15) is 4.37 Å². The van der Waals surface area contributed by atoms with E-state index in [0.29, 0.717) is 11.3 Å². The number of anilines is 2. The molecule has 0 aliphatic heterocycles. The van der Waals surface area contributed by atoms with Crippen molar-refractivity contribution in [3.8, 4) is 0 Å². The number of nitrogens with one attached hydrogen (secondary N) is 1. The number of nitrogens with two attached hydrogens (primary N) is 2. The Labute approximate surface area is 225 Å². The Bertz CT molecular complexity index is 1560. The fraction of sp³-hybridized carbons (Fsp3) is 0.250. The third-order valence-corrected chi connectivity index (χ3v) is 6.94. The first-order valence-electron chi connectivity index (χ1n) is 12.0. The predicted molar refractivity (Wildman–Crippen MR) is 150 cm³/mol. The maximum atomic E-state index is 14.2. The number of pyridine rings is 1. The van der Waals surface area contributed by atoms with Crippen LogP contribution in [0.1, 0.15) is 63.7 Å². The highest BCUT2D eigenvalue weighted by Crippen LogP contribution is 2.35. The second kappa shape index (κ2) is 10.2.